The van der Waals surface area contributed by atoms with Crippen LogP contribution in [0, 0.1) is 0 Å². The smallest absolute Gasteiger partial charge is 0.339 e. The summed E-state index contributed by atoms with van der Waals surface area (Å²) in [6.45, 7) is 0. The molecular weight excluding hydrogens is 216 g/mol. The summed E-state index contributed by atoms with van der Waals surface area (Å²) in [7, 11) is 0. The Morgan fingerprint density at radius 1 is 1.18 bits per heavy atom. The Labute approximate surface area is 98.7 Å². The first-order valence-electron chi connectivity index (χ1n) is 6.01. The normalized spacial score (nSPS) is 16.7. The molecule has 17 heavy (non-hydrogen) atoms. The van der Waals surface area contributed by atoms with Gasteiger partial charge >= 0.3 is 5.63 Å². The number of phenolic OH excluding ortho intramolecular Hbond substituents is 1. The van der Waals surface area contributed by atoms with E-state index in [1.54, 1.807) is 12.1 Å². The van der Waals surface area contributed by atoms with Gasteiger partial charge in [0.05, 0.1) is 0 Å². The van der Waals surface area contributed by atoms with Gasteiger partial charge in [0, 0.05) is 10.9 Å². The molecule has 0 radical (unpaired) electrons. The van der Waals surface area contributed by atoms with E-state index in [0.717, 1.165) is 23.8 Å². The number of benzene rings is 1. The first-order valence-corrected chi connectivity index (χ1v) is 6.01. The molecular formula is C14H14O3. The van der Waals surface area contributed by atoms with Gasteiger partial charge in [-0.3, -0.25) is 0 Å². The van der Waals surface area contributed by atoms with Crippen LogP contribution in [0.1, 0.15) is 37.2 Å². The largest absolute Gasteiger partial charge is 0.508 e. The summed E-state index contributed by atoms with van der Waals surface area (Å²) in [5.74, 6) is 0.529. The van der Waals surface area contributed by atoms with Crippen molar-refractivity contribution in [2.24, 2.45) is 0 Å². The molecule has 1 heterocycles. The van der Waals surface area contributed by atoms with Crippen LogP contribution in [-0.4, -0.2) is 5.11 Å². The molecule has 0 aliphatic heterocycles. The Hall–Kier alpha value is -1.77. The lowest BCUT2D eigenvalue weighted by Crippen LogP contribution is -2.10. The summed E-state index contributed by atoms with van der Waals surface area (Å²) in [6.07, 6.45) is 4.49. The zero-order valence-electron chi connectivity index (χ0n) is 9.48. The minimum atomic E-state index is -0.227. The highest BCUT2D eigenvalue weighted by Crippen LogP contribution is 2.33. The highest BCUT2D eigenvalue weighted by Gasteiger charge is 2.21. The highest BCUT2D eigenvalue weighted by molar-refractivity contribution is 5.78. The van der Waals surface area contributed by atoms with Crippen molar-refractivity contribution in [1.82, 2.24) is 0 Å². The minimum absolute atomic E-state index is 0.198. The number of hydrogen-bond acceptors (Lipinski definition) is 3. The average molecular weight is 230 g/mol. The molecule has 0 atom stereocenters. The van der Waals surface area contributed by atoms with Crippen molar-refractivity contribution in [2.75, 3.05) is 0 Å². The quantitative estimate of drug-likeness (QED) is 0.765. The Morgan fingerprint density at radius 2 is 1.94 bits per heavy atom. The fourth-order valence-corrected chi connectivity index (χ4v) is 2.65. The maximum absolute atomic E-state index is 11.9. The van der Waals surface area contributed by atoms with Crippen molar-refractivity contribution >= 4 is 11.0 Å². The van der Waals surface area contributed by atoms with Crippen LogP contribution in [0.15, 0.2) is 33.5 Å². The minimum Gasteiger partial charge on any atom is -0.508 e. The molecule has 0 unspecified atom stereocenters. The van der Waals surface area contributed by atoms with Crippen molar-refractivity contribution in [2.45, 2.75) is 31.6 Å². The van der Waals surface area contributed by atoms with Gasteiger partial charge in [0.1, 0.15) is 11.3 Å². The van der Waals surface area contributed by atoms with E-state index in [1.807, 2.05) is 6.07 Å². The molecule has 1 aliphatic rings. The van der Waals surface area contributed by atoms with E-state index in [-0.39, 0.29) is 11.4 Å². The Morgan fingerprint density at radius 3 is 2.71 bits per heavy atom. The second-order valence-corrected chi connectivity index (χ2v) is 4.69. The summed E-state index contributed by atoms with van der Waals surface area (Å²) in [5, 5.41) is 10.2. The first-order chi connectivity index (χ1) is 8.24. The van der Waals surface area contributed by atoms with Gasteiger partial charge in [-0.1, -0.05) is 12.8 Å². The van der Waals surface area contributed by atoms with Crippen LogP contribution >= 0.6 is 0 Å². The van der Waals surface area contributed by atoms with Crippen LogP contribution in [0.4, 0.5) is 0 Å². The second kappa shape index (κ2) is 3.91. The van der Waals surface area contributed by atoms with Crippen LogP contribution in [0.2, 0.25) is 0 Å². The van der Waals surface area contributed by atoms with E-state index in [1.165, 1.54) is 18.9 Å². The van der Waals surface area contributed by atoms with Crippen LogP contribution in [0.25, 0.3) is 11.0 Å². The summed E-state index contributed by atoms with van der Waals surface area (Å²) in [5.41, 5.74) is 1.07. The number of hydrogen-bond donors (Lipinski definition) is 1. The summed E-state index contributed by atoms with van der Waals surface area (Å²) < 4.78 is 5.29. The van der Waals surface area contributed by atoms with Gasteiger partial charge in [-0.2, -0.15) is 0 Å². The predicted octanol–water partition coefficient (Wildman–Crippen LogP) is 3.16. The lowest BCUT2D eigenvalue weighted by Gasteiger charge is -2.08. The molecule has 1 aromatic carbocycles. The van der Waals surface area contributed by atoms with Crippen molar-refractivity contribution < 1.29 is 9.52 Å². The number of rotatable bonds is 1. The van der Waals surface area contributed by atoms with Gasteiger partial charge in [-0.05, 0) is 43.0 Å². The third-order valence-corrected chi connectivity index (χ3v) is 3.54. The molecule has 1 saturated carbocycles. The van der Waals surface area contributed by atoms with E-state index >= 15 is 0 Å². The van der Waals surface area contributed by atoms with E-state index in [9.17, 15) is 9.90 Å². The zero-order valence-corrected chi connectivity index (χ0v) is 9.48. The summed E-state index contributed by atoms with van der Waals surface area (Å²) in [6, 6.07) is 6.67. The Kier molecular flexibility index (Phi) is 2.39. The van der Waals surface area contributed by atoms with Crippen molar-refractivity contribution in [3.8, 4) is 5.75 Å². The molecule has 1 aromatic heterocycles. The monoisotopic (exact) mass is 230 g/mol. The van der Waals surface area contributed by atoms with Crippen LogP contribution in [0.5, 0.6) is 5.75 Å². The average Bonchev–Trinajstić information content (AvgIpc) is 2.82. The van der Waals surface area contributed by atoms with Gasteiger partial charge in [-0.15, -0.1) is 0 Å². The molecule has 0 bridgehead atoms. The highest BCUT2D eigenvalue weighted by atomic mass is 16.4. The van der Waals surface area contributed by atoms with E-state index in [0.29, 0.717) is 11.5 Å². The standard InChI is InChI=1S/C14H14O3/c15-11-5-6-13-10(7-11)8-12(14(16)17-13)9-3-1-2-4-9/h5-9,15H,1-4H2. The third-order valence-electron chi connectivity index (χ3n) is 3.54. The predicted molar refractivity (Wildman–Crippen MR) is 65.4 cm³/mol. The fraction of sp³-hybridized carbons (Fsp3) is 0.357. The van der Waals surface area contributed by atoms with Crippen molar-refractivity contribution in [3.63, 3.8) is 0 Å². The topological polar surface area (TPSA) is 50.4 Å². The van der Waals surface area contributed by atoms with Crippen LogP contribution < -0.4 is 5.63 Å². The van der Waals surface area contributed by atoms with E-state index in [4.69, 9.17) is 4.42 Å². The van der Waals surface area contributed by atoms with Crippen molar-refractivity contribution in [3.05, 3.63) is 40.2 Å². The number of phenols is 1. The Bertz CT molecular complexity index is 606. The lowest BCUT2D eigenvalue weighted by molar-refractivity contribution is 0.474. The molecule has 1 fully saturated rings. The molecule has 1 aliphatic carbocycles. The van der Waals surface area contributed by atoms with Crippen molar-refractivity contribution in [1.29, 1.82) is 0 Å². The third kappa shape index (κ3) is 1.82. The maximum atomic E-state index is 11.9. The van der Waals surface area contributed by atoms with Gasteiger partial charge in [0.2, 0.25) is 0 Å². The van der Waals surface area contributed by atoms with Gasteiger partial charge in [0.15, 0.2) is 0 Å². The molecule has 88 valence electrons. The summed E-state index contributed by atoms with van der Waals surface area (Å²) >= 11 is 0. The molecule has 3 rings (SSSR count). The lowest BCUT2D eigenvalue weighted by atomic mass is 9.98. The molecule has 0 saturated heterocycles. The molecule has 0 spiro atoms. The zero-order chi connectivity index (χ0) is 11.8. The maximum Gasteiger partial charge on any atom is 0.339 e. The van der Waals surface area contributed by atoms with Gasteiger partial charge < -0.3 is 9.52 Å². The first kappa shape index (κ1) is 10.4. The molecule has 0 amide bonds. The molecule has 3 nitrogen and oxygen atoms in total. The SMILES string of the molecule is O=c1oc2ccc(O)cc2cc1C1CCCC1. The second-order valence-electron chi connectivity index (χ2n) is 4.69. The number of fused-ring (bicyclic) bond motifs is 1. The number of aromatic hydroxyl groups is 1. The molecule has 2 aromatic rings. The molecule has 3 heteroatoms. The van der Waals surface area contributed by atoms with Crippen LogP contribution in [0.3, 0.4) is 0 Å². The Balaban J connectivity index is 2.18. The van der Waals surface area contributed by atoms with E-state index < -0.39 is 0 Å². The van der Waals surface area contributed by atoms with E-state index in [2.05, 4.69) is 0 Å². The van der Waals surface area contributed by atoms with Gasteiger partial charge in [-0.25, -0.2) is 4.79 Å². The van der Waals surface area contributed by atoms with Gasteiger partial charge in [0.25, 0.3) is 0 Å². The fourth-order valence-electron chi connectivity index (χ4n) is 2.65. The summed E-state index contributed by atoms with van der Waals surface area (Å²) in [4.78, 5) is 11.9. The molecule has 1 N–H and O–H groups in total. The van der Waals surface area contributed by atoms with Crippen LogP contribution in [-0.2, 0) is 0 Å².